The van der Waals surface area contributed by atoms with Gasteiger partial charge in [0.1, 0.15) is 5.75 Å². The van der Waals surface area contributed by atoms with E-state index in [1.165, 1.54) is 4.70 Å². The minimum absolute atomic E-state index is 0.0934. The highest BCUT2D eigenvalue weighted by Gasteiger charge is 2.20. The standard InChI is InChI=1S/C29H32N4O4S/c1-33(29(36)24(30)15-21-18-38-26-11-5-4-10-22(21)26)12-6-7-13-37-25-16-20-9-3-2-8-19(20)14-23(25)28(35)32-17-27(31)34/h2-5,8-11,14,16,18,24H,6-7,12-13,15,17,30H2,1H3,(H2,31,34)(H,32,35). The Labute approximate surface area is 225 Å². The summed E-state index contributed by atoms with van der Waals surface area (Å²) in [5.74, 6) is -0.713. The minimum atomic E-state index is -0.622. The number of fused-ring (bicyclic) bond motifs is 2. The van der Waals surface area contributed by atoms with Gasteiger partial charge in [-0.2, -0.15) is 0 Å². The quantitative estimate of drug-likeness (QED) is 0.241. The number of unbranched alkanes of at least 4 members (excludes halogenated alkanes) is 1. The molecular formula is C29H32N4O4S. The van der Waals surface area contributed by atoms with Gasteiger partial charge in [0.25, 0.3) is 5.91 Å². The van der Waals surface area contributed by atoms with Crippen molar-refractivity contribution in [2.24, 2.45) is 11.5 Å². The van der Waals surface area contributed by atoms with Crippen molar-refractivity contribution in [3.05, 3.63) is 77.2 Å². The first kappa shape index (κ1) is 27.1. The molecular weight excluding hydrogens is 500 g/mol. The van der Waals surface area contributed by atoms with Crippen LogP contribution < -0.4 is 21.5 Å². The Kier molecular flexibility index (Phi) is 8.93. The summed E-state index contributed by atoms with van der Waals surface area (Å²) in [7, 11) is 1.76. The van der Waals surface area contributed by atoms with Crippen LogP contribution in [-0.2, 0) is 16.0 Å². The number of hydrogen-bond acceptors (Lipinski definition) is 6. The fraction of sp³-hybridized carbons (Fsp3) is 0.276. The largest absolute Gasteiger partial charge is 0.493 e. The van der Waals surface area contributed by atoms with E-state index < -0.39 is 17.9 Å². The van der Waals surface area contributed by atoms with E-state index >= 15 is 0 Å². The number of likely N-dealkylation sites (N-methyl/N-ethyl adjacent to an activating group) is 1. The van der Waals surface area contributed by atoms with Gasteiger partial charge in [0.05, 0.1) is 24.8 Å². The number of nitrogens with zero attached hydrogens (tertiary/aromatic N) is 1. The van der Waals surface area contributed by atoms with Crippen molar-refractivity contribution >= 4 is 49.9 Å². The summed E-state index contributed by atoms with van der Waals surface area (Å²) in [4.78, 5) is 38.3. The van der Waals surface area contributed by atoms with Crippen molar-refractivity contribution in [1.82, 2.24) is 10.2 Å². The Balaban J connectivity index is 1.29. The number of benzene rings is 3. The van der Waals surface area contributed by atoms with Gasteiger partial charge >= 0.3 is 0 Å². The van der Waals surface area contributed by atoms with Crippen molar-refractivity contribution in [2.45, 2.75) is 25.3 Å². The van der Waals surface area contributed by atoms with Crippen LogP contribution in [0.3, 0.4) is 0 Å². The van der Waals surface area contributed by atoms with Crippen molar-refractivity contribution in [2.75, 3.05) is 26.7 Å². The van der Waals surface area contributed by atoms with Gasteiger partial charge < -0.3 is 26.4 Å². The second-order valence-corrected chi connectivity index (χ2v) is 10.1. The van der Waals surface area contributed by atoms with Crippen LogP contribution in [0.25, 0.3) is 20.9 Å². The number of nitrogens with two attached hydrogens (primary N) is 2. The van der Waals surface area contributed by atoms with Gasteiger partial charge in [0, 0.05) is 18.3 Å². The molecule has 0 radical (unpaired) electrons. The molecule has 1 unspecified atom stereocenters. The number of amides is 3. The maximum atomic E-state index is 12.8. The molecule has 3 aromatic carbocycles. The summed E-state index contributed by atoms with van der Waals surface area (Å²) in [5.41, 5.74) is 12.9. The lowest BCUT2D eigenvalue weighted by molar-refractivity contribution is -0.131. The molecule has 0 aliphatic rings. The number of thiophene rings is 1. The molecule has 4 aromatic rings. The topological polar surface area (TPSA) is 128 Å². The minimum Gasteiger partial charge on any atom is -0.493 e. The van der Waals surface area contributed by atoms with Crippen LogP contribution in [0.15, 0.2) is 66.0 Å². The number of carbonyl (C=O) groups excluding carboxylic acids is 3. The van der Waals surface area contributed by atoms with Gasteiger partial charge in [-0.05, 0) is 64.6 Å². The van der Waals surface area contributed by atoms with E-state index in [0.717, 1.165) is 21.7 Å². The molecule has 0 aliphatic heterocycles. The van der Waals surface area contributed by atoms with Gasteiger partial charge in [-0.15, -0.1) is 11.3 Å². The van der Waals surface area contributed by atoms with E-state index in [-0.39, 0.29) is 12.5 Å². The number of primary amides is 1. The summed E-state index contributed by atoms with van der Waals surface area (Å²) < 4.78 is 7.16. The molecule has 8 nitrogen and oxygen atoms in total. The smallest absolute Gasteiger partial charge is 0.255 e. The second-order valence-electron chi connectivity index (χ2n) is 9.23. The monoisotopic (exact) mass is 532 g/mol. The molecule has 5 N–H and O–H groups in total. The lowest BCUT2D eigenvalue weighted by Gasteiger charge is -2.21. The molecule has 4 rings (SSSR count). The van der Waals surface area contributed by atoms with E-state index in [2.05, 4.69) is 22.8 Å². The van der Waals surface area contributed by atoms with Gasteiger partial charge in [0.2, 0.25) is 11.8 Å². The van der Waals surface area contributed by atoms with Gasteiger partial charge in [0.15, 0.2) is 0 Å². The normalized spacial score (nSPS) is 11.8. The second kappa shape index (κ2) is 12.5. The third-order valence-electron chi connectivity index (χ3n) is 6.36. The van der Waals surface area contributed by atoms with E-state index in [4.69, 9.17) is 16.2 Å². The molecule has 9 heteroatoms. The van der Waals surface area contributed by atoms with E-state index in [9.17, 15) is 14.4 Å². The first-order valence-electron chi connectivity index (χ1n) is 12.5. The van der Waals surface area contributed by atoms with Crippen LogP contribution in [0.5, 0.6) is 5.75 Å². The lowest BCUT2D eigenvalue weighted by Crippen LogP contribution is -2.43. The fourth-order valence-corrected chi connectivity index (χ4v) is 5.30. The molecule has 1 heterocycles. The number of nitrogens with one attached hydrogen (secondary N) is 1. The molecule has 38 heavy (non-hydrogen) atoms. The number of rotatable bonds is 12. The summed E-state index contributed by atoms with van der Waals surface area (Å²) in [5, 5.41) is 7.57. The summed E-state index contributed by atoms with van der Waals surface area (Å²) in [6.07, 6.45) is 1.89. The molecule has 0 spiro atoms. The zero-order valence-corrected chi connectivity index (χ0v) is 22.1. The highest BCUT2D eigenvalue weighted by Crippen LogP contribution is 2.27. The summed E-state index contributed by atoms with van der Waals surface area (Å²) >= 11 is 1.66. The van der Waals surface area contributed by atoms with E-state index in [0.29, 0.717) is 43.7 Å². The molecule has 0 fully saturated rings. The summed E-state index contributed by atoms with van der Waals surface area (Å²) in [6.45, 7) is 0.656. The predicted octanol–water partition coefficient (Wildman–Crippen LogP) is 3.46. The average molecular weight is 533 g/mol. The van der Waals surface area contributed by atoms with Gasteiger partial charge in [-0.25, -0.2) is 0 Å². The molecule has 3 amide bonds. The average Bonchev–Trinajstić information content (AvgIpc) is 3.33. The van der Waals surface area contributed by atoms with Crippen LogP contribution in [-0.4, -0.2) is 55.4 Å². The molecule has 0 saturated heterocycles. The zero-order valence-electron chi connectivity index (χ0n) is 21.3. The zero-order chi connectivity index (χ0) is 27.1. The third-order valence-corrected chi connectivity index (χ3v) is 7.37. The molecule has 1 aromatic heterocycles. The van der Waals surface area contributed by atoms with Crippen molar-refractivity contribution in [3.8, 4) is 5.75 Å². The Hall–Kier alpha value is -3.95. The number of ether oxygens (including phenoxy) is 1. The first-order valence-corrected chi connectivity index (χ1v) is 13.4. The Morgan fingerprint density at radius 3 is 2.50 bits per heavy atom. The molecule has 1 atom stereocenters. The van der Waals surface area contributed by atoms with E-state index in [1.807, 2.05) is 42.5 Å². The molecule has 198 valence electrons. The van der Waals surface area contributed by atoms with Crippen molar-refractivity contribution in [1.29, 1.82) is 0 Å². The van der Waals surface area contributed by atoms with Gasteiger partial charge in [-0.3, -0.25) is 14.4 Å². The SMILES string of the molecule is CN(CCCCOc1cc2ccccc2cc1C(=O)NCC(N)=O)C(=O)C(N)Cc1csc2ccccc12. The Bertz CT molecular complexity index is 1450. The van der Waals surface area contributed by atoms with Crippen LogP contribution in [0.1, 0.15) is 28.8 Å². The molecule has 0 bridgehead atoms. The maximum Gasteiger partial charge on any atom is 0.255 e. The van der Waals surface area contributed by atoms with Crippen molar-refractivity contribution < 1.29 is 19.1 Å². The first-order chi connectivity index (χ1) is 18.3. The maximum absolute atomic E-state index is 12.8. The Morgan fingerprint density at radius 1 is 1.03 bits per heavy atom. The fourth-order valence-electron chi connectivity index (χ4n) is 4.32. The van der Waals surface area contributed by atoms with Crippen LogP contribution in [0.2, 0.25) is 0 Å². The number of carbonyl (C=O) groups is 3. The lowest BCUT2D eigenvalue weighted by atomic mass is 10.0. The molecule has 0 saturated carbocycles. The van der Waals surface area contributed by atoms with Crippen LogP contribution >= 0.6 is 11.3 Å². The molecule has 0 aliphatic carbocycles. The Morgan fingerprint density at radius 2 is 1.74 bits per heavy atom. The van der Waals surface area contributed by atoms with Gasteiger partial charge in [-0.1, -0.05) is 42.5 Å². The predicted molar refractivity (Wildman–Crippen MR) is 151 cm³/mol. The van der Waals surface area contributed by atoms with Crippen LogP contribution in [0, 0.1) is 0 Å². The van der Waals surface area contributed by atoms with E-state index in [1.54, 1.807) is 29.4 Å². The highest BCUT2D eigenvalue weighted by molar-refractivity contribution is 7.17. The highest BCUT2D eigenvalue weighted by atomic mass is 32.1. The van der Waals surface area contributed by atoms with Crippen molar-refractivity contribution in [3.63, 3.8) is 0 Å². The third kappa shape index (κ3) is 6.67. The number of hydrogen-bond donors (Lipinski definition) is 3. The summed E-state index contributed by atoms with van der Waals surface area (Å²) in [6, 6.07) is 18.7. The van der Waals surface area contributed by atoms with Crippen LogP contribution in [0.4, 0.5) is 0 Å².